The van der Waals surface area contributed by atoms with Crippen LogP contribution in [0.1, 0.15) is 37.3 Å². The van der Waals surface area contributed by atoms with Gasteiger partial charge in [-0.25, -0.2) is 8.42 Å². The van der Waals surface area contributed by atoms with Crippen LogP contribution in [-0.2, 0) is 10.0 Å². The quantitative estimate of drug-likeness (QED) is 0.925. The molecule has 1 fully saturated rings. The van der Waals surface area contributed by atoms with Crippen LogP contribution >= 0.6 is 12.4 Å². The van der Waals surface area contributed by atoms with Gasteiger partial charge in [-0.1, -0.05) is 12.5 Å². The van der Waals surface area contributed by atoms with Crippen LogP contribution in [0.3, 0.4) is 0 Å². The molecular formula is C15H25ClN2O2S. The van der Waals surface area contributed by atoms with Gasteiger partial charge < -0.3 is 5.73 Å². The first-order valence-corrected chi connectivity index (χ1v) is 8.62. The molecule has 1 aliphatic heterocycles. The molecule has 0 saturated carbocycles. The second-order valence-corrected chi connectivity index (χ2v) is 7.67. The number of halogens is 1. The van der Waals surface area contributed by atoms with E-state index < -0.39 is 10.0 Å². The second kappa shape index (κ2) is 7.09. The molecule has 1 aromatic rings. The third kappa shape index (κ3) is 3.77. The molecule has 2 atom stereocenters. The van der Waals surface area contributed by atoms with Crippen molar-refractivity contribution < 1.29 is 8.42 Å². The van der Waals surface area contributed by atoms with Gasteiger partial charge >= 0.3 is 0 Å². The normalized spacial score (nSPS) is 21.6. The van der Waals surface area contributed by atoms with E-state index in [-0.39, 0.29) is 24.5 Å². The van der Waals surface area contributed by atoms with Crippen molar-refractivity contribution in [1.29, 1.82) is 0 Å². The van der Waals surface area contributed by atoms with Crippen molar-refractivity contribution in [2.24, 2.45) is 5.73 Å². The fourth-order valence-electron chi connectivity index (χ4n) is 2.76. The van der Waals surface area contributed by atoms with E-state index in [1.165, 1.54) is 0 Å². The molecule has 4 nitrogen and oxygen atoms in total. The van der Waals surface area contributed by atoms with Gasteiger partial charge in [0.05, 0.1) is 4.90 Å². The molecule has 1 heterocycles. The van der Waals surface area contributed by atoms with Crippen LogP contribution in [0.15, 0.2) is 23.1 Å². The molecule has 1 saturated heterocycles. The minimum Gasteiger partial charge on any atom is -0.326 e. The highest BCUT2D eigenvalue weighted by atomic mass is 35.5. The van der Waals surface area contributed by atoms with Crippen molar-refractivity contribution in [3.63, 3.8) is 0 Å². The highest BCUT2D eigenvalue weighted by molar-refractivity contribution is 7.89. The molecule has 2 N–H and O–H groups in total. The molecule has 0 aromatic heterocycles. The van der Waals surface area contributed by atoms with Crippen molar-refractivity contribution in [3.05, 3.63) is 29.3 Å². The number of hydrogen-bond acceptors (Lipinski definition) is 3. The van der Waals surface area contributed by atoms with Crippen molar-refractivity contribution in [1.82, 2.24) is 4.31 Å². The van der Waals surface area contributed by atoms with Gasteiger partial charge in [-0.3, -0.25) is 0 Å². The van der Waals surface area contributed by atoms with E-state index in [4.69, 9.17) is 5.73 Å². The largest absolute Gasteiger partial charge is 0.326 e. The molecular weight excluding hydrogens is 308 g/mol. The SMILES string of the molecule is Cc1ccc(S(=O)(=O)N2CCCCC2C(C)N)cc1C.Cl. The maximum Gasteiger partial charge on any atom is 0.243 e. The van der Waals surface area contributed by atoms with Crippen LogP contribution in [-0.4, -0.2) is 31.4 Å². The van der Waals surface area contributed by atoms with Gasteiger partial charge in [0.2, 0.25) is 10.0 Å². The highest BCUT2D eigenvalue weighted by Crippen LogP contribution is 2.27. The van der Waals surface area contributed by atoms with Gasteiger partial charge in [0, 0.05) is 18.6 Å². The Balaban J connectivity index is 0.00000220. The summed E-state index contributed by atoms with van der Waals surface area (Å²) in [6.07, 6.45) is 2.81. The molecule has 21 heavy (non-hydrogen) atoms. The van der Waals surface area contributed by atoms with E-state index in [1.54, 1.807) is 16.4 Å². The van der Waals surface area contributed by atoms with Gasteiger partial charge in [-0.05, 0) is 56.9 Å². The molecule has 0 aliphatic carbocycles. The first kappa shape index (κ1) is 18.4. The topological polar surface area (TPSA) is 63.4 Å². The Hall–Kier alpha value is -0.620. The van der Waals surface area contributed by atoms with Crippen LogP contribution < -0.4 is 5.73 Å². The Morgan fingerprint density at radius 1 is 1.24 bits per heavy atom. The summed E-state index contributed by atoms with van der Waals surface area (Å²) in [4.78, 5) is 0.383. The minimum atomic E-state index is -3.44. The first-order chi connectivity index (χ1) is 9.34. The summed E-state index contributed by atoms with van der Waals surface area (Å²) in [6, 6.07) is 5.10. The predicted molar refractivity (Wildman–Crippen MR) is 88.3 cm³/mol. The van der Waals surface area contributed by atoms with Gasteiger partial charge in [-0.15, -0.1) is 12.4 Å². The van der Waals surface area contributed by atoms with Crippen LogP contribution in [0.5, 0.6) is 0 Å². The van der Waals surface area contributed by atoms with E-state index in [9.17, 15) is 8.42 Å². The van der Waals surface area contributed by atoms with Gasteiger partial charge in [-0.2, -0.15) is 4.31 Å². The van der Waals surface area contributed by atoms with Crippen molar-refractivity contribution >= 4 is 22.4 Å². The zero-order valence-corrected chi connectivity index (χ0v) is 14.5. The fourth-order valence-corrected chi connectivity index (χ4v) is 4.62. The number of aryl methyl sites for hydroxylation is 2. The van der Waals surface area contributed by atoms with E-state index in [0.717, 1.165) is 30.4 Å². The maximum atomic E-state index is 12.8. The molecule has 0 radical (unpaired) electrons. The molecule has 120 valence electrons. The summed E-state index contributed by atoms with van der Waals surface area (Å²) in [5.74, 6) is 0. The average molecular weight is 333 g/mol. The molecule has 0 spiro atoms. The monoisotopic (exact) mass is 332 g/mol. The van der Waals surface area contributed by atoms with Crippen molar-refractivity contribution in [2.45, 2.75) is 57.0 Å². The van der Waals surface area contributed by atoms with Crippen molar-refractivity contribution in [3.8, 4) is 0 Å². The van der Waals surface area contributed by atoms with E-state index >= 15 is 0 Å². The number of piperidine rings is 1. The molecule has 0 bridgehead atoms. The molecule has 6 heteroatoms. The van der Waals surface area contributed by atoms with E-state index in [2.05, 4.69) is 0 Å². The lowest BCUT2D eigenvalue weighted by molar-refractivity contribution is 0.227. The summed E-state index contributed by atoms with van der Waals surface area (Å²) in [5, 5.41) is 0. The minimum absolute atomic E-state index is 0. The Kier molecular flexibility index (Phi) is 6.23. The third-order valence-corrected chi connectivity index (χ3v) is 6.11. The van der Waals surface area contributed by atoms with Crippen LogP contribution in [0, 0.1) is 13.8 Å². The number of nitrogens with two attached hydrogens (primary N) is 1. The number of hydrogen-bond donors (Lipinski definition) is 1. The smallest absolute Gasteiger partial charge is 0.243 e. The van der Waals surface area contributed by atoms with Crippen LogP contribution in [0.4, 0.5) is 0 Å². The molecule has 1 aliphatic rings. The maximum absolute atomic E-state index is 12.8. The number of rotatable bonds is 3. The Bertz CT molecular complexity index is 587. The summed E-state index contributed by atoms with van der Waals surface area (Å²) >= 11 is 0. The molecule has 1 aromatic carbocycles. The zero-order chi connectivity index (χ0) is 14.9. The van der Waals surface area contributed by atoms with Crippen molar-refractivity contribution in [2.75, 3.05) is 6.54 Å². The molecule has 2 unspecified atom stereocenters. The Morgan fingerprint density at radius 2 is 1.90 bits per heavy atom. The standard InChI is InChI=1S/C15H24N2O2S.ClH/c1-11-7-8-14(10-12(11)2)20(18,19)17-9-5-4-6-15(17)13(3)16;/h7-8,10,13,15H,4-6,9,16H2,1-3H3;1H. The number of sulfonamides is 1. The lowest BCUT2D eigenvalue weighted by Gasteiger charge is -2.37. The lowest BCUT2D eigenvalue weighted by Crippen LogP contribution is -2.51. The summed E-state index contributed by atoms with van der Waals surface area (Å²) in [7, 11) is -3.44. The second-order valence-electron chi connectivity index (χ2n) is 5.78. The van der Waals surface area contributed by atoms with E-state index in [0.29, 0.717) is 11.4 Å². The first-order valence-electron chi connectivity index (χ1n) is 7.18. The number of nitrogens with zero attached hydrogens (tertiary/aromatic N) is 1. The van der Waals surface area contributed by atoms with Gasteiger partial charge in [0.15, 0.2) is 0 Å². The highest BCUT2D eigenvalue weighted by Gasteiger charge is 2.35. The summed E-state index contributed by atoms with van der Waals surface area (Å²) < 4.78 is 27.3. The lowest BCUT2D eigenvalue weighted by atomic mass is 10.00. The van der Waals surface area contributed by atoms with Gasteiger partial charge in [0.25, 0.3) is 0 Å². The third-order valence-electron chi connectivity index (χ3n) is 4.19. The zero-order valence-electron chi connectivity index (χ0n) is 12.9. The summed E-state index contributed by atoms with van der Waals surface area (Å²) in [6.45, 7) is 6.38. The van der Waals surface area contributed by atoms with Crippen LogP contribution in [0.2, 0.25) is 0 Å². The average Bonchev–Trinajstić information content (AvgIpc) is 2.41. The summed E-state index contributed by atoms with van der Waals surface area (Å²) in [5.41, 5.74) is 8.08. The van der Waals surface area contributed by atoms with Crippen LogP contribution in [0.25, 0.3) is 0 Å². The predicted octanol–water partition coefficient (Wildman–Crippen LogP) is 2.62. The Labute approximate surface area is 134 Å². The van der Waals surface area contributed by atoms with Gasteiger partial charge in [0.1, 0.15) is 0 Å². The number of benzene rings is 1. The molecule has 2 rings (SSSR count). The molecule has 0 amide bonds. The fraction of sp³-hybridized carbons (Fsp3) is 0.600. The van der Waals surface area contributed by atoms with E-state index in [1.807, 2.05) is 26.8 Å². The Morgan fingerprint density at radius 3 is 2.48 bits per heavy atom.